The zero-order chi connectivity index (χ0) is 25.9. The predicted molar refractivity (Wildman–Crippen MR) is 121 cm³/mol. The topological polar surface area (TPSA) is 124 Å². The van der Waals surface area contributed by atoms with Crippen molar-refractivity contribution in [3.63, 3.8) is 0 Å². The van der Waals surface area contributed by atoms with Crippen molar-refractivity contribution in [3.8, 4) is 22.6 Å². The second-order valence-electron chi connectivity index (χ2n) is 7.47. The van der Waals surface area contributed by atoms with Crippen LogP contribution >= 0.6 is 0 Å². The van der Waals surface area contributed by atoms with E-state index < -0.39 is 34.9 Å². The first-order valence-electron chi connectivity index (χ1n) is 10.3. The Morgan fingerprint density at radius 3 is 2.28 bits per heavy atom. The minimum atomic E-state index is -5.08. The van der Waals surface area contributed by atoms with Crippen LogP contribution in [0.25, 0.3) is 22.6 Å². The zero-order valence-corrected chi connectivity index (χ0v) is 18.3. The van der Waals surface area contributed by atoms with Crippen molar-refractivity contribution < 1.29 is 27.2 Å². The molecule has 0 atom stereocenters. The molecule has 0 fully saturated rings. The minimum Gasteiger partial charge on any atom is -0.369 e. The first kappa shape index (κ1) is 24.4. The predicted octanol–water partition coefficient (Wildman–Crippen LogP) is 4.04. The third-order valence-electron chi connectivity index (χ3n) is 4.91. The Morgan fingerprint density at radius 2 is 1.64 bits per heavy atom. The van der Waals surface area contributed by atoms with E-state index in [0.29, 0.717) is 11.6 Å². The highest BCUT2D eigenvalue weighted by molar-refractivity contribution is 6.06. The lowest BCUT2D eigenvalue weighted by atomic mass is 10.0. The molecule has 0 aliphatic heterocycles. The van der Waals surface area contributed by atoms with Gasteiger partial charge in [0.25, 0.3) is 5.91 Å². The Balaban J connectivity index is 1.79. The quantitative estimate of drug-likeness (QED) is 0.389. The largest absolute Gasteiger partial charge is 0.419 e. The molecule has 3 N–H and O–H groups in total. The van der Waals surface area contributed by atoms with Crippen LogP contribution in [0.1, 0.15) is 21.7 Å². The van der Waals surface area contributed by atoms with Crippen molar-refractivity contribution in [3.05, 3.63) is 89.9 Å². The number of rotatable bonds is 6. The average Bonchev–Trinajstić information content (AvgIpc) is 2.85. The van der Waals surface area contributed by atoms with E-state index in [1.807, 2.05) is 0 Å². The lowest BCUT2D eigenvalue weighted by molar-refractivity contribution is -0.140. The summed E-state index contributed by atoms with van der Waals surface area (Å²) >= 11 is 0. The normalized spacial score (nSPS) is 11.2. The fraction of sp³-hybridized carbons (Fsp3) is 0.0833. The van der Waals surface area contributed by atoms with Crippen LogP contribution in [-0.2, 0) is 17.4 Å². The molecule has 0 spiro atoms. The molecule has 12 heteroatoms. The summed E-state index contributed by atoms with van der Waals surface area (Å²) in [5.41, 5.74) is 3.12. The number of amides is 2. The lowest BCUT2D eigenvalue weighted by Crippen LogP contribution is -2.20. The molecular weight excluding hydrogens is 480 g/mol. The lowest BCUT2D eigenvalue weighted by Gasteiger charge is -2.15. The Hall–Kier alpha value is -4.74. The highest BCUT2D eigenvalue weighted by Crippen LogP contribution is 2.36. The van der Waals surface area contributed by atoms with Gasteiger partial charge in [-0.3, -0.25) is 9.59 Å². The summed E-state index contributed by atoms with van der Waals surface area (Å²) in [5.74, 6) is -3.69. The fourth-order valence-electron chi connectivity index (χ4n) is 3.33. The second-order valence-corrected chi connectivity index (χ2v) is 7.47. The van der Waals surface area contributed by atoms with Gasteiger partial charge in [-0.05, 0) is 18.2 Å². The van der Waals surface area contributed by atoms with Crippen LogP contribution in [0.15, 0.2) is 67.1 Å². The van der Waals surface area contributed by atoms with Gasteiger partial charge in [-0.1, -0.05) is 30.3 Å². The summed E-state index contributed by atoms with van der Waals surface area (Å²) in [6, 6.07) is 11.4. The molecule has 4 aromatic rings. The molecule has 182 valence electrons. The Morgan fingerprint density at radius 1 is 0.944 bits per heavy atom. The summed E-state index contributed by atoms with van der Waals surface area (Å²) in [4.78, 5) is 40.3. The van der Waals surface area contributed by atoms with Gasteiger partial charge in [0, 0.05) is 23.5 Å². The van der Waals surface area contributed by atoms with E-state index >= 15 is 0 Å². The molecule has 0 bridgehead atoms. The molecule has 2 aromatic heterocycles. The van der Waals surface area contributed by atoms with Crippen molar-refractivity contribution in [2.24, 2.45) is 5.73 Å². The van der Waals surface area contributed by atoms with Gasteiger partial charge in [0.15, 0.2) is 5.82 Å². The van der Waals surface area contributed by atoms with Crippen LogP contribution in [0.5, 0.6) is 0 Å². The maximum Gasteiger partial charge on any atom is 0.419 e. The van der Waals surface area contributed by atoms with E-state index in [9.17, 15) is 27.2 Å². The second kappa shape index (κ2) is 9.86. The van der Waals surface area contributed by atoms with Crippen LogP contribution in [0.2, 0.25) is 0 Å². The molecule has 2 aromatic carbocycles. The number of alkyl halides is 3. The number of halogens is 4. The molecule has 0 unspecified atom stereocenters. The number of carbonyl (C=O) groups excluding carboxylic acids is 2. The summed E-state index contributed by atoms with van der Waals surface area (Å²) in [7, 11) is 0. The summed E-state index contributed by atoms with van der Waals surface area (Å²) < 4.78 is 55.7. The van der Waals surface area contributed by atoms with E-state index in [-0.39, 0.29) is 35.0 Å². The van der Waals surface area contributed by atoms with E-state index in [1.54, 1.807) is 30.3 Å². The van der Waals surface area contributed by atoms with E-state index in [0.717, 1.165) is 12.3 Å². The van der Waals surface area contributed by atoms with Crippen molar-refractivity contribution in [1.29, 1.82) is 0 Å². The van der Waals surface area contributed by atoms with Gasteiger partial charge < -0.3 is 11.1 Å². The van der Waals surface area contributed by atoms with Crippen LogP contribution < -0.4 is 11.1 Å². The number of nitrogens with two attached hydrogens (primary N) is 1. The number of hydrogen-bond acceptors (Lipinski definition) is 6. The molecule has 0 aliphatic rings. The van der Waals surface area contributed by atoms with Crippen LogP contribution in [0.4, 0.5) is 23.2 Å². The van der Waals surface area contributed by atoms with E-state index in [2.05, 4.69) is 25.3 Å². The third-order valence-corrected chi connectivity index (χ3v) is 4.91. The molecule has 2 amide bonds. The number of carbonyl (C=O) groups is 2. The first-order valence-corrected chi connectivity index (χ1v) is 10.3. The Labute approximate surface area is 201 Å². The molecule has 0 saturated heterocycles. The van der Waals surface area contributed by atoms with Gasteiger partial charge in [0.1, 0.15) is 11.6 Å². The molecule has 2 heterocycles. The number of primary amides is 1. The van der Waals surface area contributed by atoms with Crippen LogP contribution in [-0.4, -0.2) is 31.8 Å². The number of hydrogen-bond donors (Lipinski definition) is 2. The van der Waals surface area contributed by atoms with Gasteiger partial charge in [0.05, 0.1) is 35.1 Å². The van der Waals surface area contributed by atoms with Crippen molar-refractivity contribution in [2.45, 2.75) is 12.6 Å². The van der Waals surface area contributed by atoms with Crippen LogP contribution in [0.3, 0.4) is 0 Å². The molecule has 0 saturated carbocycles. The molecule has 8 nitrogen and oxygen atoms in total. The zero-order valence-electron chi connectivity index (χ0n) is 18.3. The molecular formula is C24H16F4N6O2. The molecule has 0 radical (unpaired) electrons. The minimum absolute atomic E-state index is 0.0197. The standard InChI is InChI=1S/C24H16F4N6O2/c25-20-15(9-14(10-16(20)24(26,27)28)22-30-7-4-8-31-22)23(36)33-17-12-32-19(11-18(29)35)34-21(17)13-5-2-1-3-6-13/h1-10,12H,11H2,(H2,29,35)(H,33,36). The van der Waals surface area contributed by atoms with Crippen molar-refractivity contribution in [2.75, 3.05) is 5.32 Å². The van der Waals surface area contributed by atoms with E-state index in [4.69, 9.17) is 5.73 Å². The molecule has 36 heavy (non-hydrogen) atoms. The average molecular weight is 496 g/mol. The maximum atomic E-state index is 14.9. The van der Waals surface area contributed by atoms with Gasteiger partial charge in [0.2, 0.25) is 5.91 Å². The summed E-state index contributed by atoms with van der Waals surface area (Å²) in [6.45, 7) is 0. The molecule has 4 rings (SSSR count). The first-order chi connectivity index (χ1) is 17.1. The van der Waals surface area contributed by atoms with Crippen molar-refractivity contribution >= 4 is 17.5 Å². The van der Waals surface area contributed by atoms with Gasteiger partial charge in [-0.2, -0.15) is 13.2 Å². The van der Waals surface area contributed by atoms with E-state index in [1.165, 1.54) is 18.5 Å². The third kappa shape index (κ3) is 5.32. The number of nitrogens with one attached hydrogen (secondary N) is 1. The van der Waals surface area contributed by atoms with Gasteiger partial charge in [-0.25, -0.2) is 24.3 Å². The Kier molecular flexibility index (Phi) is 6.68. The highest BCUT2D eigenvalue weighted by atomic mass is 19.4. The summed E-state index contributed by atoms with van der Waals surface area (Å²) in [5, 5.41) is 2.38. The van der Waals surface area contributed by atoms with Crippen molar-refractivity contribution in [1.82, 2.24) is 19.9 Å². The monoisotopic (exact) mass is 496 g/mol. The number of nitrogens with zero attached hydrogens (tertiary/aromatic N) is 4. The number of aromatic nitrogens is 4. The number of anilines is 1. The van der Waals surface area contributed by atoms with Gasteiger partial charge >= 0.3 is 6.18 Å². The maximum absolute atomic E-state index is 14.9. The van der Waals surface area contributed by atoms with Gasteiger partial charge in [-0.15, -0.1) is 0 Å². The molecule has 0 aliphatic carbocycles. The Bertz CT molecular complexity index is 1430. The SMILES string of the molecule is NC(=O)Cc1ncc(NC(=O)c2cc(-c3ncccn3)cc(C(F)(F)F)c2F)c(-c2ccccc2)n1. The van der Waals surface area contributed by atoms with Crippen LogP contribution in [0, 0.1) is 5.82 Å². The fourth-order valence-corrected chi connectivity index (χ4v) is 3.33. The smallest absolute Gasteiger partial charge is 0.369 e. The number of benzene rings is 2. The summed E-state index contributed by atoms with van der Waals surface area (Å²) in [6.07, 6.45) is -1.60. The highest BCUT2D eigenvalue weighted by Gasteiger charge is 2.37.